The number of hydrogen-bond acceptors (Lipinski definition) is 3. The van der Waals surface area contributed by atoms with Crippen molar-refractivity contribution in [2.75, 3.05) is 0 Å². The Morgan fingerprint density at radius 3 is 2.82 bits per heavy atom. The Morgan fingerprint density at radius 2 is 2.12 bits per heavy atom. The van der Waals surface area contributed by atoms with E-state index in [1.807, 2.05) is 31.2 Å². The summed E-state index contributed by atoms with van der Waals surface area (Å²) in [5.74, 6) is -0.306. The van der Waals surface area contributed by atoms with Gasteiger partial charge in [0.2, 0.25) is 0 Å². The van der Waals surface area contributed by atoms with Gasteiger partial charge in [-0.2, -0.15) is 0 Å². The number of carbonyl (C=O) groups is 1. The van der Waals surface area contributed by atoms with Gasteiger partial charge in [-0.25, -0.2) is 0 Å². The highest BCUT2D eigenvalue weighted by atomic mass is 79.9. The molecule has 1 aromatic heterocycles. The minimum Gasteiger partial charge on any atom is -0.456 e. The first-order valence-electron chi connectivity index (χ1n) is 5.30. The van der Waals surface area contributed by atoms with Crippen LogP contribution in [0.4, 0.5) is 0 Å². The number of aromatic nitrogens is 1. The first-order valence-corrected chi connectivity index (χ1v) is 6.09. The largest absolute Gasteiger partial charge is 0.456 e. The Kier molecular flexibility index (Phi) is 3.43. The maximum absolute atomic E-state index is 10.9. The lowest BCUT2D eigenvalue weighted by atomic mass is 10.1. The molecule has 4 heteroatoms. The minimum atomic E-state index is -0.355. The van der Waals surface area contributed by atoms with Gasteiger partial charge in [0.25, 0.3) is 0 Å². The van der Waals surface area contributed by atoms with Crippen molar-refractivity contribution in [1.82, 2.24) is 4.98 Å². The zero-order chi connectivity index (χ0) is 12.4. The summed E-state index contributed by atoms with van der Waals surface area (Å²) in [6.45, 7) is 3.20. The number of pyridine rings is 1. The van der Waals surface area contributed by atoms with Crippen LogP contribution in [0.3, 0.4) is 0 Å². The normalized spacial score (nSPS) is 12.4. The van der Waals surface area contributed by atoms with Crippen LogP contribution < -0.4 is 0 Å². The van der Waals surface area contributed by atoms with Gasteiger partial charge in [0.1, 0.15) is 6.10 Å². The van der Waals surface area contributed by atoms with Crippen LogP contribution in [0.1, 0.15) is 25.6 Å². The number of halogens is 1. The molecule has 0 aliphatic heterocycles. The van der Waals surface area contributed by atoms with Crippen molar-refractivity contribution < 1.29 is 9.53 Å². The lowest BCUT2D eigenvalue weighted by molar-refractivity contribution is -0.146. The van der Waals surface area contributed by atoms with Crippen LogP contribution in [0.15, 0.2) is 34.9 Å². The standard InChI is InChI=1S/C13H12BrNO2/c1-8(17-9(2)16)13-12(14)11-6-4-3-5-10(11)7-15-13/h3-8H,1-2H3. The monoisotopic (exact) mass is 293 g/mol. The Labute approximate surface area is 108 Å². The van der Waals surface area contributed by atoms with E-state index < -0.39 is 0 Å². The van der Waals surface area contributed by atoms with E-state index in [0.717, 1.165) is 20.9 Å². The number of rotatable bonds is 2. The highest BCUT2D eigenvalue weighted by molar-refractivity contribution is 9.10. The maximum atomic E-state index is 10.9. The molecule has 17 heavy (non-hydrogen) atoms. The summed E-state index contributed by atoms with van der Waals surface area (Å²) in [6.07, 6.45) is 1.43. The van der Waals surface area contributed by atoms with Crippen molar-refractivity contribution >= 4 is 32.7 Å². The lowest BCUT2D eigenvalue weighted by Crippen LogP contribution is -2.07. The Bertz CT molecular complexity index is 568. The van der Waals surface area contributed by atoms with E-state index in [-0.39, 0.29) is 12.1 Å². The molecule has 0 amide bonds. The van der Waals surface area contributed by atoms with Crippen molar-refractivity contribution in [2.45, 2.75) is 20.0 Å². The summed E-state index contributed by atoms with van der Waals surface area (Å²) in [4.78, 5) is 15.3. The fourth-order valence-corrected chi connectivity index (χ4v) is 2.52. The van der Waals surface area contributed by atoms with Gasteiger partial charge in [-0.05, 0) is 28.2 Å². The van der Waals surface area contributed by atoms with Crippen molar-refractivity contribution in [3.05, 3.63) is 40.6 Å². The second kappa shape index (κ2) is 4.84. The van der Waals surface area contributed by atoms with E-state index in [9.17, 15) is 4.79 Å². The molecule has 0 aliphatic carbocycles. The molecule has 1 atom stereocenters. The number of nitrogens with zero attached hydrogens (tertiary/aromatic N) is 1. The summed E-state index contributed by atoms with van der Waals surface area (Å²) in [6, 6.07) is 7.93. The number of benzene rings is 1. The molecule has 0 bridgehead atoms. The average Bonchev–Trinajstić information content (AvgIpc) is 2.28. The second-order valence-electron chi connectivity index (χ2n) is 3.80. The van der Waals surface area contributed by atoms with E-state index in [2.05, 4.69) is 20.9 Å². The zero-order valence-corrected chi connectivity index (χ0v) is 11.2. The summed E-state index contributed by atoms with van der Waals surface area (Å²) in [5.41, 5.74) is 0.735. The molecule has 2 rings (SSSR count). The molecule has 88 valence electrons. The Hall–Kier alpha value is -1.42. The number of esters is 1. The van der Waals surface area contributed by atoms with Crippen LogP contribution in [0, 0.1) is 0 Å². The fourth-order valence-electron chi connectivity index (χ4n) is 1.73. The summed E-state index contributed by atoms with van der Waals surface area (Å²) in [7, 11) is 0. The van der Waals surface area contributed by atoms with E-state index in [1.165, 1.54) is 6.92 Å². The number of fused-ring (bicyclic) bond motifs is 1. The smallest absolute Gasteiger partial charge is 0.303 e. The van der Waals surface area contributed by atoms with Crippen molar-refractivity contribution in [3.63, 3.8) is 0 Å². The van der Waals surface area contributed by atoms with Gasteiger partial charge in [-0.1, -0.05) is 24.3 Å². The molecule has 0 aliphatic rings. The molecule has 0 saturated carbocycles. The first kappa shape index (κ1) is 12.0. The molecule has 0 N–H and O–H groups in total. The van der Waals surface area contributed by atoms with Gasteiger partial charge < -0.3 is 4.74 Å². The van der Waals surface area contributed by atoms with Gasteiger partial charge in [0.05, 0.1) is 10.2 Å². The fraction of sp³-hybridized carbons (Fsp3) is 0.231. The molecule has 0 saturated heterocycles. The van der Waals surface area contributed by atoms with Gasteiger partial charge in [0.15, 0.2) is 0 Å². The van der Waals surface area contributed by atoms with Crippen LogP contribution in [0.2, 0.25) is 0 Å². The SMILES string of the molecule is CC(=O)OC(C)c1ncc2ccccc2c1Br. The average molecular weight is 294 g/mol. The van der Waals surface area contributed by atoms with Crippen LogP contribution in [0.5, 0.6) is 0 Å². The van der Waals surface area contributed by atoms with Crippen LogP contribution in [-0.2, 0) is 9.53 Å². The number of hydrogen-bond donors (Lipinski definition) is 0. The van der Waals surface area contributed by atoms with Crippen molar-refractivity contribution in [1.29, 1.82) is 0 Å². The van der Waals surface area contributed by atoms with Gasteiger partial charge >= 0.3 is 5.97 Å². The summed E-state index contributed by atoms with van der Waals surface area (Å²) >= 11 is 3.52. The van der Waals surface area contributed by atoms with E-state index in [1.54, 1.807) is 6.20 Å². The molecule has 2 aromatic rings. The topological polar surface area (TPSA) is 39.2 Å². The van der Waals surface area contributed by atoms with Gasteiger partial charge in [-0.3, -0.25) is 9.78 Å². The van der Waals surface area contributed by atoms with E-state index >= 15 is 0 Å². The number of carbonyl (C=O) groups excluding carboxylic acids is 1. The van der Waals surface area contributed by atoms with Crippen LogP contribution >= 0.6 is 15.9 Å². The Balaban J connectivity index is 2.48. The lowest BCUT2D eigenvalue weighted by Gasteiger charge is -2.14. The Morgan fingerprint density at radius 1 is 1.41 bits per heavy atom. The molecule has 1 unspecified atom stereocenters. The minimum absolute atomic E-state index is 0.306. The summed E-state index contributed by atoms with van der Waals surface area (Å²) in [5, 5.41) is 2.12. The van der Waals surface area contributed by atoms with E-state index in [0.29, 0.717) is 0 Å². The molecule has 3 nitrogen and oxygen atoms in total. The maximum Gasteiger partial charge on any atom is 0.303 e. The highest BCUT2D eigenvalue weighted by Crippen LogP contribution is 2.30. The quantitative estimate of drug-likeness (QED) is 0.794. The van der Waals surface area contributed by atoms with E-state index in [4.69, 9.17) is 4.74 Å². The first-order chi connectivity index (χ1) is 8.09. The summed E-state index contributed by atoms with van der Waals surface area (Å²) < 4.78 is 6.01. The van der Waals surface area contributed by atoms with Crippen molar-refractivity contribution in [2.24, 2.45) is 0 Å². The molecular weight excluding hydrogens is 282 g/mol. The van der Waals surface area contributed by atoms with Crippen molar-refractivity contribution in [3.8, 4) is 0 Å². The zero-order valence-electron chi connectivity index (χ0n) is 9.61. The third-order valence-corrected chi connectivity index (χ3v) is 3.33. The molecule has 0 radical (unpaired) electrons. The molecule has 0 fully saturated rings. The number of ether oxygens (including phenoxy) is 1. The molecule has 1 aromatic carbocycles. The predicted octanol–water partition coefficient (Wildman–Crippen LogP) is 3.62. The van der Waals surface area contributed by atoms with Gasteiger partial charge in [-0.15, -0.1) is 0 Å². The van der Waals surface area contributed by atoms with Gasteiger partial charge in [0, 0.05) is 18.5 Å². The molecule has 1 heterocycles. The predicted molar refractivity (Wildman–Crippen MR) is 69.6 cm³/mol. The molecular formula is C13H12BrNO2. The van der Waals surface area contributed by atoms with Crippen LogP contribution in [-0.4, -0.2) is 11.0 Å². The third-order valence-electron chi connectivity index (χ3n) is 2.49. The highest BCUT2D eigenvalue weighted by Gasteiger charge is 2.15. The third kappa shape index (κ3) is 2.47. The molecule has 0 spiro atoms. The second-order valence-corrected chi connectivity index (χ2v) is 4.59. The van der Waals surface area contributed by atoms with Crippen LogP contribution in [0.25, 0.3) is 10.8 Å².